The fourth-order valence-electron chi connectivity index (χ4n) is 2.26. The highest BCUT2D eigenvalue weighted by atomic mass is 31.1. The number of hydrazine groups is 2. The summed E-state index contributed by atoms with van der Waals surface area (Å²) in [4.78, 5) is 0. The highest BCUT2D eigenvalue weighted by Crippen LogP contribution is 2.27. The van der Waals surface area contributed by atoms with Crippen LogP contribution in [0.15, 0.2) is 5.10 Å². The molecule has 0 fully saturated rings. The van der Waals surface area contributed by atoms with Crippen molar-refractivity contribution >= 4 is 14.2 Å². The van der Waals surface area contributed by atoms with Crippen LogP contribution in [-0.2, 0) is 0 Å². The Morgan fingerprint density at radius 3 is 2.05 bits per heavy atom. The van der Waals surface area contributed by atoms with Crippen molar-refractivity contribution in [3.63, 3.8) is 0 Å². The van der Waals surface area contributed by atoms with Gasteiger partial charge >= 0.3 is 0 Å². The molecule has 1 atom stereocenters. The Morgan fingerprint density at radius 1 is 0.850 bits per heavy atom. The van der Waals surface area contributed by atoms with Gasteiger partial charge in [0.25, 0.3) is 0 Å². The molecular formula is C15H33N4P. The van der Waals surface area contributed by atoms with Gasteiger partial charge in [-0.15, -0.1) is 10.2 Å². The summed E-state index contributed by atoms with van der Waals surface area (Å²) >= 11 is 0. The molecule has 0 aliphatic carbocycles. The molecule has 1 rings (SSSR count). The van der Waals surface area contributed by atoms with Crippen molar-refractivity contribution in [3.05, 3.63) is 0 Å². The molecule has 118 valence electrons. The molecule has 0 saturated carbocycles. The number of hydrogen-bond acceptors (Lipinski definition) is 4. The topological polar surface area (TPSA) is 22.1 Å². The summed E-state index contributed by atoms with van der Waals surface area (Å²) in [5, 5.41) is 12.0. The van der Waals surface area contributed by atoms with E-state index in [1.807, 2.05) is 0 Å². The summed E-state index contributed by atoms with van der Waals surface area (Å²) in [5.74, 6) is 0. The van der Waals surface area contributed by atoms with Crippen molar-refractivity contribution in [3.8, 4) is 0 Å². The van der Waals surface area contributed by atoms with Crippen molar-refractivity contribution < 1.29 is 0 Å². The van der Waals surface area contributed by atoms with Gasteiger partial charge < -0.3 is 0 Å². The van der Waals surface area contributed by atoms with Crippen LogP contribution in [0.4, 0.5) is 0 Å². The lowest BCUT2D eigenvalue weighted by atomic mass is 10.3. The van der Waals surface area contributed by atoms with Crippen molar-refractivity contribution in [2.75, 3.05) is 25.8 Å². The zero-order valence-electron chi connectivity index (χ0n) is 13.9. The lowest BCUT2D eigenvalue weighted by Crippen LogP contribution is -2.47. The Kier molecular flexibility index (Phi) is 9.21. The van der Waals surface area contributed by atoms with E-state index < -0.39 is 0 Å². The Bertz CT molecular complexity index is 283. The fourth-order valence-corrected chi connectivity index (χ4v) is 3.17. The van der Waals surface area contributed by atoms with Crippen molar-refractivity contribution in [1.29, 1.82) is 0 Å². The molecule has 0 aromatic heterocycles. The molecule has 1 aliphatic heterocycles. The number of hydrogen-bond donors (Lipinski definition) is 0. The first kappa shape index (κ1) is 17.7. The van der Waals surface area contributed by atoms with Crippen LogP contribution in [0, 0.1) is 0 Å². The van der Waals surface area contributed by atoms with E-state index in [1.54, 1.807) is 0 Å². The van der Waals surface area contributed by atoms with E-state index in [2.05, 4.69) is 42.9 Å². The molecule has 20 heavy (non-hydrogen) atoms. The number of amidine groups is 1. The predicted molar refractivity (Wildman–Crippen MR) is 91.1 cm³/mol. The molecule has 0 spiro atoms. The monoisotopic (exact) mass is 300 g/mol. The third-order valence-corrected chi connectivity index (χ3v) is 4.51. The molecule has 1 heterocycles. The molecule has 0 bridgehead atoms. The maximum absolute atomic E-state index is 4.90. The van der Waals surface area contributed by atoms with E-state index in [-0.39, 0.29) is 0 Å². The smallest absolute Gasteiger partial charge is 0.161 e. The van der Waals surface area contributed by atoms with E-state index in [0.29, 0.717) is 0 Å². The molecule has 0 aromatic carbocycles. The lowest BCUT2D eigenvalue weighted by molar-refractivity contribution is -0.123. The van der Waals surface area contributed by atoms with Gasteiger partial charge in [0.05, 0.1) is 6.54 Å². The maximum atomic E-state index is 4.90. The largest absolute Gasteiger partial charge is 0.269 e. The van der Waals surface area contributed by atoms with Crippen molar-refractivity contribution in [1.82, 2.24) is 15.2 Å². The summed E-state index contributed by atoms with van der Waals surface area (Å²) in [6.07, 6.45) is 8.62. The van der Waals surface area contributed by atoms with E-state index in [4.69, 9.17) is 5.10 Å². The second kappa shape index (κ2) is 10.4. The highest BCUT2D eigenvalue weighted by molar-refractivity contribution is 7.58. The molecule has 5 heteroatoms. The van der Waals surface area contributed by atoms with Gasteiger partial charge in [0.2, 0.25) is 0 Å². The Balaban J connectivity index is 2.73. The molecule has 0 saturated heterocycles. The normalized spacial score (nSPS) is 16.7. The summed E-state index contributed by atoms with van der Waals surface area (Å²) in [6, 6.07) is 0. The van der Waals surface area contributed by atoms with Gasteiger partial charge in [-0.3, -0.25) is 5.01 Å². The van der Waals surface area contributed by atoms with E-state index >= 15 is 0 Å². The Labute approximate surface area is 127 Å². The number of hydrazone groups is 1. The van der Waals surface area contributed by atoms with Gasteiger partial charge in [-0.25, -0.2) is 5.12 Å². The first-order valence-electron chi connectivity index (χ1n) is 8.43. The van der Waals surface area contributed by atoms with Crippen molar-refractivity contribution in [2.24, 2.45) is 5.10 Å². The minimum atomic E-state index is 0.835. The molecule has 0 aromatic rings. The zero-order chi connectivity index (χ0) is 14.8. The quantitative estimate of drug-likeness (QED) is 0.536. The highest BCUT2D eigenvalue weighted by Gasteiger charge is 2.30. The SMILES string of the molecule is CCCCN1N=C(PCC)N(CCCC)N1CCCC. The number of rotatable bonds is 11. The zero-order valence-corrected chi connectivity index (χ0v) is 14.9. The Morgan fingerprint density at radius 2 is 1.45 bits per heavy atom. The van der Waals surface area contributed by atoms with Crippen LogP contribution < -0.4 is 0 Å². The first-order valence-corrected chi connectivity index (χ1v) is 9.63. The molecule has 1 aliphatic rings. The van der Waals surface area contributed by atoms with Gasteiger partial charge in [-0.05, 0) is 34.0 Å². The third kappa shape index (κ3) is 5.21. The van der Waals surface area contributed by atoms with Crippen LogP contribution in [0.2, 0.25) is 0 Å². The summed E-state index contributed by atoms with van der Waals surface area (Å²) in [5.41, 5.74) is 1.30. The van der Waals surface area contributed by atoms with Crippen LogP contribution in [-0.4, -0.2) is 46.6 Å². The fraction of sp³-hybridized carbons (Fsp3) is 0.933. The van der Waals surface area contributed by atoms with Gasteiger partial charge in [-0.2, -0.15) is 0 Å². The van der Waals surface area contributed by atoms with E-state index in [1.165, 1.54) is 50.3 Å². The minimum absolute atomic E-state index is 0.835. The standard InChI is InChI=1S/C15H33N4P/c1-5-9-12-17-15(20-8-4)16-18(13-10-6-2)19(17)14-11-7-3/h20H,5-14H2,1-4H3. The third-order valence-electron chi connectivity index (χ3n) is 3.48. The van der Waals surface area contributed by atoms with Crippen LogP contribution in [0.5, 0.6) is 0 Å². The average molecular weight is 300 g/mol. The van der Waals surface area contributed by atoms with Gasteiger partial charge in [0.15, 0.2) is 5.58 Å². The van der Waals surface area contributed by atoms with Crippen LogP contribution >= 0.6 is 8.58 Å². The predicted octanol–water partition coefficient (Wildman–Crippen LogP) is 4.11. The van der Waals surface area contributed by atoms with Gasteiger partial charge in [0.1, 0.15) is 0 Å². The second-order valence-corrected chi connectivity index (χ2v) is 6.84. The first-order chi connectivity index (χ1) is 9.78. The summed E-state index contributed by atoms with van der Waals surface area (Å²) in [6.45, 7) is 12.3. The van der Waals surface area contributed by atoms with E-state index in [9.17, 15) is 0 Å². The molecule has 0 N–H and O–H groups in total. The van der Waals surface area contributed by atoms with Crippen LogP contribution in [0.3, 0.4) is 0 Å². The summed E-state index contributed by atoms with van der Waals surface area (Å²) < 4.78 is 0. The van der Waals surface area contributed by atoms with Crippen molar-refractivity contribution in [2.45, 2.75) is 66.2 Å². The van der Waals surface area contributed by atoms with Gasteiger partial charge in [-0.1, -0.05) is 47.0 Å². The molecule has 0 amide bonds. The Hall–Kier alpha value is -0.340. The van der Waals surface area contributed by atoms with Crippen LogP contribution in [0.25, 0.3) is 0 Å². The molecule has 4 nitrogen and oxygen atoms in total. The van der Waals surface area contributed by atoms with Gasteiger partial charge in [0, 0.05) is 13.1 Å². The molecular weight excluding hydrogens is 267 g/mol. The molecule has 1 unspecified atom stereocenters. The minimum Gasteiger partial charge on any atom is -0.269 e. The van der Waals surface area contributed by atoms with E-state index in [0.717, 1.165) is 28.2 Å². The molecule has 0 radical (unpaired) electrons. The van der Waals surface area contributed by atoms with Crippen LogP contribution in [0.1, 0.15) is 66.2 Å². The summed E-state index contributed by atoms with van der Waals surface area (Å²) in [7, 11) is 0.835. The number of nitrogens with zero attached hydrogens (tertiary/aromatic N) is 4. The second-order valence-electron chi connectivity index (χ2n) is 5.33. The number of unbranched alkanes of at least 4 members (excludes halogenated alkanes) is 3. The average Bonchev–Trinajstić information content (AvgIpc) is 2.78. The maximum Gasteiger partial charge on any atom is 0.161 e. The lowest BCUT2D eigenvalue weighted by Gasteiger charge is -2.34.